The van der Waals surface area contributed by atoms with Gasteiger partial charge in [0.1, 0.15) is 17.5 Å². The number of aliphatic carboxylic acids is 1. The molecule has 2 fully saturated rings. The minimum absolute atomic E-state index is 0.242. The highest BCUT2D eigenvalue weighted by Gasteiger charge is 2.64. The lowest BCUT2D eigenvalue weighted by Gasteiger charge is -2.43. The number of fused-ring (bicyclic) bond motifs is 1. The van der Waals surface area contributed by atoms with Gasteiger partial charge in [0.2, 0.25) is 11.8 Å². The summed E-state index contributed by atoms with van der Waals surface area (Å²) in [5.41, 5.74) is 1.80. The first kappa shape index (κ1) is 20.2. The highest BCUT2D eigenvalue weighted by molar-refractivity contribution is 9.10. The zero-order valence-corrected chi connectivity index (χ0v) is 18.2. The molecule has 4 atom stereocenters. The Hall–Kier alpha value is -1.55. The summed E-state index contributed by atoms with van der Waals surface area (Å²) in [5, 5.41) is 16.3. The lowest BCUT2D eigenvalue weighted by atomic mass is 9.95. The number of carbonyl (C=O) groups excluding carboxylic acids is 2. The predicted octanol–water partition coefficient (Wildman–Crippen LogP) is 1.53. The number of hydrogen-bond acceptors (Lipinski definition) is 5. The first-order chi connectivity index (χ1) is 12.5. The first-order valence-electron chi connectivity index (χ1n) is 8.68. The number of rotatable bonds is 5. The molecule has 8 nitrogen and oxygen atoms in total. The molecule has 0 aromatic carbocycles. The maximum Gasteiger partial charge on any atom is 0.327 e. The first-order valence-corrected chi connectivity index (χ1v) is 10.4. The van der Waals surface area contributed by atoms with Crippen LogP contribution in [0, 0.1) is 19.8 Å². The fourth-order valence-corrected chi connectivity index (χ4v) is 5.55. The van der Waals surface area contributed by atoms with Crippen LogP contribution in [-0.4, -0.2) is 59.8 Å². The molecule has 10 heteroatoms. The summed E-state index contributed by atoms with van der Waals surface area (Å²) >= 11 is 4.89. The Morgan fingerprint density at radius 3 is 2.56 bits per heavy atom. The molecule has 2 saturated heterocycles. The van der Waals surface area contributed by atoms with Crippen LogP contribution in [0.5, 0.6) is 0 Å². The van der Waals surface area contributed by atoms with Gasteiger partial charge in [0, 0.05) is 10.4 Å². The molecule has 0 saturated carbocycles. The molecular weight excluding hydrogens is 436 g/mol. The van der Waals surface area contributed by atoms with E-state index in [1.165, 1.54) is 16.7 Å². The largest absolute Gasteiger partial charge is 0.480 e. The summed E-state index contributed by atoms with van der Waals surface area (Å²) in [4.78, 5) is 38.0. The standard InChI is InChI=1S/C17H23BrN4O4S/c1-7(6-21-9(3)10(18)8(2)20-21)13(23)19-11-14(24)22-12(16(25)26)17(4,5)27-15(11)22/h7,11-12,15H,6H2,1-5H3,(H,19,23)(H,25,26)/t7-,11+,12-,15-/m0/s1. The summed E-state index contributed by atoms with van der Waals surface area (Å²) in [6.45, 7) is 9.61. The molecule has 0 unspecified atom stereocenters. The number of aromatic nitrogens is 2. The smallest absolute Gasteiger partial charge is 0.327 e. The number of carboxylic acid groups (broad SMARTS) is 1. The Morgan fingerprint density at radius 2 is 2.04 bits per heavy atom. The summed E-state index contributed by atoms with van der Waals surface area (Å²) in [6.07, 6.45) is 0. The minimum Gasteiger partial charge on any atom is -0.480 e. The Labute approximate surface area is 170 Å². The summed E-state index contributed by atoms with van der Waals surface area (Å²) in [7, 11) is 0. The molecule has 2 N–H and O–H groups in total. The van der Waals surface area contributed by atoms with Gasteiger partial charge in [-0.3, -0.25) is 14.3 Å². The van der Waals surface area contributed by atoms with E-state index >= 15 is 0 Å². The van der Waals surface area contributed by atoms with Gasteiger partial charge in [0.15, 0.2) is 0 Å². The second-order valence-corrected chi connectivity index (χ2v) is 10.2. The third-order valence-electron chi connectivity index (χ3n) is 5.16. The molecule has 0 aliphatic carbocycles. The van der Waals surface area contributed by atoms with Crippen LogP contribution in [0.3, 0.4) is 0 Å². The van der Waals surface area contributed by atoms with Crippen molar-refractivity contribution in [1.29, 1.82) is 0 Å². The Balaban J connectivity index is 1.66. The fraction of sp³-hybridized carbons (Fsp3) is 0.647. The average Bonchev–Trinajstić information content (AvgIpc) is 2.97. The van der Waals surface area contributed by atoms with E-state index in [2.05, 4.69) is 26.3 Å². The van der Waals surface area contributed by atoms with E-state index in [1.807, 2.05) is 27.7 Å². The molecule has 0 bridgehead atoms. The maximum atomic E-state index is 12.6. The zero-order valence-electron chi connectivity index (χ0n) is 15.8. The number of amides is 2. The Kier molecular flexibility index (Phi) is 5.09. The molecule has 2 amide bonds. The number of halogens is 1. The molecule has 1 aromatic rings. The maximum absolute atomic E-state index is 12.6. The second-order valence-electron chi connectivity index (χ2n) is 7.65. The van der Waals surface area contributed by atoms with Crippen LogP contribution in [0.4, 0.5) is 0 Å². The van der Waals surface area contributed by atoms with Gasteiger partial charge in [-0.15, -0.1) is 11.8 Å². The van der Waals surface area contributed by atoms with Gasteiger partial charge in [-0.05, 0) is 43.6 Å². The van der Waals surface area contributed by atoms with Gasteiger partial charge in [-0.25, -0.2) is 4.79 Å². The summed E-state index contributed by atoms with van der Waals surface area (Å²) in [5.74, 6) is -1.98. The van der Waals surface area contributed by atoms with Crippen LogP contribution in [0.15, 0.2) is 4.47 Å². The van der Waals surface area contributed by atoms with E-state index in [0.717, 1.165) is 15.9 Å². The van der Waals surface area contributed by atoms with Crippen molar-refractivity contribution in [2.45, 2.75) is 63.4 Å². The van der Waals surface area contributed by atoms with Crippen LogP contribution in [0.1, 0.15) is 32.2 Å². The van der Waals surface area contributed by atoms with Gasteiger partial charge < -0.3 is 15.3 Å². The van der Waals surface area contributed by atoms with Crippen molar-refractivity contribution in [3.05, 3.63) is 15.9 Å². The van der Waals surface area contributed by atoms with Crippen molar-refractivity contribution in [2.75, 3.05) is 0 Å². The van der Waals surface area contributed by atoms with Crippen molar-refractivity contribution >= 4 is 45.5 Å². The van der Waals surface area contributed by atoms with Crippen LogP contribution in [0.2, 0.25) is 0 Å². The topological polar surface area (TPSA) is 105 Å². The van der Waals surface area contributed by atoms with Gasteiger partial charge in [0.25, 0.3) is 0 Å². The number of thioether (sulfide) groups is 1. The molecule has 148 valence electrons. The van der Waals surface area contributed by atoms with Crippen molar-refractivity contribution in [3.8, 4) is 0 Å². The minimum atomic E-state index is -1.02. The third-order valence-corrected chi connectivity index (χ3v) is 7.88. The van der Waals surface area contributed by atoms with Gasteiger partial charge in [-0.2, -0.15) is 5.10 Å². The molecular formula is C17H23BrN4O4S. The van der Waals surface area contributed by atoms with Crippen molar-refractivity contribution in [1.82, 2.24) is 20.0 Å². The number of nitrogens with one attached hydrogen (secondary N) is 1. The molecule has 1 aromatic heterocycles. The SMILES string of the molecule is Cc1nn(C[C@H](C)C(=O)N[C@@H]2C(=O)N3[C@@H](C(=O)O)C(C)(C)S[C@@H]23)c(C)c1Br. The highest BCUT2D eigenvalue weighted by atomic mass is 79.9. The van der Waals surface area contributed by atoms with Gasteiger partial charge in [-0.1, -0.05) is 6.92 Å². The van der Waals surface area contributed by atoms with E-state index in [9.17, 15) is 19.5 Å². The van der Waals surface area contributed by atoms with Crippen LogP contribution >= 0.6 is 27.7 Å². The number of nitrogens with zero attached hydrogens (tertiary/aromatic N) is 3. The quantitative estimate of drug-likeness (QED) is 0.648. The van der Waals surface area contributed by atoms with E-state index in [0.29, 0.717) is 6.54 Å². The second kappa shape index (κ2) is 6.80. The monoisotopic (exact) mass is 458 g/mol. The van der Waals surface area contributed by atoms with Crippen LogP contribution in [0.25, 0.3) is 0 Å². The number of carbonyl (C=O) groups is 3. The van der Waals surface area contributed by atoms with Crippen molar-refractivity contribution < 1.29 is 19.5 Å². The fourth-order valence-electron chi connectivity index (χ4n) is 3.64. The molecule has 0 spiro atoms. The van der Waals surface area contributed by atoms with Gasteiger partial charge >= 0.3 is 5.97 Å². The molecule has 2 aliphatic rings. The van der Waals surface area contributed by atoms with Crippen molar-refractivity contribution in [3.63, 3.8) is 0 Å². The third kappa shape index (κ3) is 3.26. The van der Waals surface area contributed by atoms with E-state index in [1.54, 1.807) is 11.6 Å². The summed E-state index contributed by atoms with van der Waals surface area (Å²) in [6, 6.07) is -1.56. The molecule has 2 aliphatic heterocycles. The number of hydrogen-bond donors (Lipinski definition) is 2. The van der Waals surface area contributed by atoms with E-state index in [4.69, 9.17) is 0 Å². The zero-order chi connectivity index (χ0) is 20.3. The van der Waals surface area contributed by atoms with E-state index in [-0.39, 0.29) is 23.1 Å². The molecule has 3 rings (SSSR count). The number of aryl methyl sites for hydroxylation is 1. The number of β-lactam (4-membered cyclic amide) rings is 1. The Bertz CT molecular complexity index is 824. The summed E-state index contributed by atoms with van der Waals surface area (Å²) < 4.78 is 2.09. The van der Waals surface area contributed by atoms with Crippen molar-refractivity contribution in [2.24, 2.45) is 5.92 Å². The van der Waals surface area contributed by atoms with Gasteiger partial charge in [0.05, 0.1) is 22.6 Å². The average molecular weight is 459 g/mol. The van der Waals surface area contributed by atoms with E-state index < -0.39 is 22.8 Å². The van der Waals surface area contributed by atoms with Crippen LogP contribution < -0.4 is 5.32 Å². The highest BCUT2D eigenvalue weighted by Crippen LogP contribution is 2.50. The lowest BCUT2D eigenvalue weighted by molar-refractivity contribution is -0.161. The number of carboxylic acids is 1. The molecule has 27 heavy (non-hydrogen) atoms. The molecule has 3 heterocycles. The Morgan fingerprint density at radius 1 is 1.41 bits per heavy atom. The normalized spacial score (nSPS) is 27.1. The lowest BCUT2D eigenvalue weighted by Crippen LogP contribution is -2.71. The predicted molar refractivity (Wildman–Crippen MR) is 104 cm³/mol. The molecule has 0 radical (unpaired) electrons. The van der Waals surface area contributed by atoms with Crippen LogP contribution in [-0.2, 0) is 20.9 Å².